The molecule has 12 aromatic carbocycles. The van der Waals surface area contributed by atoms with Gasteiger partial charge in [-0.2, -0.15) is 0 Å². The van der Waals surface area contributed by atoms with Crippen molar-refractivity contribution in [3.8, 4) is 11.5 Å². The fourth-order valence-electron chi connectivity index (χ4n) is 10.1. The molecule has 6 heteroatoms. The number of hydrogen-bond donors (Lipinski definition) is 0. The molecule has 0 N–H and O–H groups in total. The summed E-state index contributed by atoms with van der Waals surface area (Å²) >= 11 is 0. The Bertz CT molecular complexity index is 3600. The van der Waals surface area contributed by atoms with Crippen LogP contribution in [0.3, 0.4) is 0 Å². The van der Waals surface area contributed by atoms with Crippen molar-refractivity contribution in [1.29, 1.82) is 0 Å². The maximum Gasteiger partial charge on any atom is 0.131 e. The molecular weight excluding hydrogens is 951 g/mol. The summed E-state index contributed by atoms with van der Waals surface area (Å²) in [6, 6.07) is 117. The van der Waals surface area contributed by atoms with Gasteiger partial charge in [-0.1, -0.05) is 170 Å². The third kappa shape index (κ3) is 10.7. The van der Waals surface area contributed by atoms with Gasteiger partial charge in [-0.15, -0.1) is 0 Å². The zero-order valence-corrected chi connectivity index (χ0v) is 42.9. The van der Waals surface area contributed by atoms with E-state index in [-0.39, 0.29) is 0 Å². The van der Waals surface area contributed by atoms with Crippen molar-refractivity contribution in [2.24, 2.45) is 0 Å². The normalized spacial score (nSPS) is 10.8. The largest absolute Gasteiger partial charge is 0.457 e. The molecule has 0 fully saturated rings. The Morgan fingerprint density at radius 3 is 0.564 bits per heavy atom. The van der Waals surface area contributed by atoms with Gasteiger partial charge in [-0.25, -0.2) is 0 Å². The second-order valence-corrected chi connectivity index (χ2v) is 18.7. The molecule has 12 aromatic rings. The van der Waals surface area contributed by atoms with E-state index in [4.69, 9.17) is 4.74 Å². The van der Waals surface area contributed by atoms with E-state index in [1.165, 1.54) is 0 Å². The lowest BCUT2D eigenvalue weighted by molar-refractivity contribution is 0.483. The predicted octanol–water partition coefficient (Wildman–Crippen LogP) is 20.8. The average Bonchev–Trinajstić information content (AvgIpc) is 3.53. The van der Waals surface area contributed by atoms with Gasteiger partial charge in [0.05, 0.1) is 28.4 Å². The number of para-hydroxylation sites is 9. The fourth-order valence-corrected chi connectivity index (χ4v) is 10.1. The first-order valence-corrected chi connectivity index (χ1v) is 26.2. The molecule has 374 valence electrons. The van der Waals surface area contributed by atoms with Crippen LogP contribution in [0.15, 0.2) is 334 Å². The molecule has 78 heavy (non-hydrogen) atoms. The lowest BCUT2D eigenvalue weighted by Crippen LogP contribution is -2.17. The molecule has 0 aliphatic carbocycles. The minimum atomic E-state index is 0.695. The molecule has 6 nitrogen and oxygen atoms in total. The van der Waals surface area contributed by atoms with Crippen LogP contribution in [-0.2, 0) is 0 Å². The van der Waals surface area contributed by atoms with Crippen molar-refractivity contribution in [3.05, 3.63) is 334 Å². The average molecular weight is 1010 g/mol. The van der Waals surface area contributed by atoms with Crippen molar-refractivity contribution in [1.82, 2.24) is 0 Å². The maximum absolute atomic E-state index is 6.80. The smallest absolute Gasteiger partial charge is 0.131 e. The number of benzene rings is 12. The van der Waals surface area contributed by atoms with Crippen molar-refractivity contribution in [2.75, 3.05) is 24.5 Å². The van der Waals surface area contributed by atoms with Crippen LogP contribution in [0, 0.1) is 0 Å². The van der Waals surface area contributed by atoms with E-state index < -0.39 is 0 Å². The quantitative estimate of drug-likeness (QED) is 0.0902. The second-order valence-electron chi connectivity index (χ2n) is 18.7. The summed E-state index contributed by atoms with van der Waals surface area (Å²) in [7, 11) is 0. The molecule has 0 unspecified atom stereocenters. The molecule has 0 saturated carbocycles. The molecule has 0 atom stereocenters. The zero-order valence-electron chi connectivity index (χ0n) is 42.9. The molecule has 0 aliphatic rings. The third-order valence-electron chi connectivity index (χ3n) is 13.5. The van der Waals surface area contributed by atoms with Gasteiger partial charge in [-0.3, -0.25) is 0 Å². The minimum Gasteiger partial charge on any atom is -0.457 e. The van der Waals surface area contributed by atoms with Crippen LogP contribution in [-0.4, -0.2) is 0 Å². The molecule has 0 bridgehead atoms. The van der Waals surface area contributed by atoms with E-state index in [1.54, 1.807) is 0 Å². The third-order valence-corrected chi connectivity index (χ3v) is 13.5. The summed E-state index contributed by atoms with van der Waals surface area (Å²) < 4.78 is 6.80. The highest BCUT2D eigenvalue weighted by Gasteiger charge is 2.25. The zero-order chi connectivity index (χ0) is 52.3. The van der Waals surface area contributed by atoms with Gasteiger partial charge in [0, 0.05) is 69.0 Å². The van der Waals surface area contributed by atoms with E-state index in [1.807, 2.05) is 30.3 Å². The van der Waals surface area contributed by atoms with E-state index >= 15 is 0 Å². The molecule has 0 radical (unpaired) electrons. The molecule has 0 saturated heterocycles. The molecular formula is C72H55N5O. The summed E-state index contributed by atoms with van der Waals surface area (Å²) in [6.45, 7) is 0. The van der Waals surface area contributed by atoms with Crippen LogP contribution in [0.4, 0.5) is 85.3 Å². The summed E-state index contributed by atoms with van der Waals surface area (Å²) in [6.07, 6.45) is 0. The van der Waals surface area contributed by atoms with Crippen molar-refractivity contribution >= 4 is 85.3 Å². The first kappa shape index (κ1) is 48.4. The monoisotopic (exact) mass is 1010 g/mol. The lowest BCUT2D eigenvalue weighted by atomic mass is 10.1. The van der Waals surface area contributed by atoms with Crippen LogP contribution in [0.1, 0.15) is 0 Å². The summed E-state index contributed by atoms with van der Waals surface area (Å²) in [5.74, 6) is 1.44. The van der Waals surface area contributed by atoms with Gasteiger partial charge >= 0.3 is 0 Å². The van der Waals surface area contributed by atoms with E-state index in [9.17, 15) is 0 Å². The number of hydrogen-bond acceptors (Lipinski definition) is 6. The molecule has 0 heterocycles. The summed E-state index contributed by atoms with van der Waals surface area (Å²) in [4.78, 5) is 11.7. The van der Waals surface area contributed by atoms with Crippen LogP contribution in [0.25, 0.3) is 0 Å². The SMILES string of the molecule is c1ccc(Oc2cc(N(c3ccccc3)c3ccccc3)cc(N(c3ccccc3)c3cccc(N(c4ccccc4)c4cc(N(c5ccccc5)c5ccccc5)cc(N(c5ccccc5)c5ccccc5)c4)c3)c2)cc1. The highest BCUT2D eigenvalue weighted by atomic mass is 16.5. The van der Waals surface area contributed by atoms with Crippen molar-refractivity contribution in [2.45, 2.75) is 0 Å². The van der Waals surface area contributed by atoms with Crippen LogP contribution in [0.5, 0.6) is 11.5 Å². The van der Waals surface area contributed by atoms with Gasteiger partial charge in [0.1, 0.15) is 11.5 Å². The number of anilines is 15. The fraction of sp³-hybridized carbons (Fsp3) is 0. The lowest BCUT2D eigenvalue weighted by Gasteiger charge is -2.33. The molecule has 0 amide bonds. The topological polar surface area (TPSA) is 25.4 Å². The molecule has 0 aromatic heterocycles. The van der Waals surface area contributed by atoms with Gasteiger partial charge in [-0.05, 0) is 152 Å². The van der Waals surface area contributed by atoms with Crippen molar-refractivity contribution in [3.63, 3.8) is 0 Å². The van der Waals surface area contributed by atoms with Gasteiger partial charge in [0.15, 0.2) is 0 Å². The first-order valence-electron chi connectivity index (χ1n) is 26.2. The van der Waals surface area contributed by atoms with Gasteiger partial charge in [0.2, 0.25) is 0 Å². The van der Waals surface area contributed by atoms with E-state index in [0.717, 1.165) is 91.1 Å². The Kier molecular flexibility index (Phi) is 14.2. The van der Waals surface area contributed by atoms with Crippen LogP contribution < -0.4 is 29.2 Å². The molecule has 0 spiro atoms. The van der Waals surface area contributed by atoms with Crippen LogP contribution >= 0.6 is 0 Å². The predicted molar refractivity (Wildman–Crippen MR) is 326 cm³/mol. The standard InChI is InChI=1S/C72H55N5O/c1-10-29-56(30-11-1)73(57-31-12-2-13-32-57)66-50-67(74(58-33-14-3-15-34-58)59-35-16-4-17-36-59)52-68(51-66)76(62-41-22-7-23-42-62)64-45-28-46-65(49-64)77(63-43-24-8-25-44-63)70-53-69(54-72(55-70)78-71-47-26-9-27-48-71)75(60-37-18-5-19-38-60)61-39-20-6-21-40-61/h1-55H. The number of nitrogens with zero attached hydrogens (tertiary/aromatic N) is 5. The Balaban J connectivity index is 1.08. The van der Waals surface area contributed by atoms with E-state index in [2.05, 4.69) is 328 Å². The molecule has 12 rings (SSSR count). The van der Waals surface area contributed by atoms with Gasteiger partial charge < -0.3 is 29.2 Å². The Morgan fingerprint density at radius 1 is 0.141 bits per heavy atom. The Morgan fingerprint density at radius 2 is 0.321 bits per heavy atom. The summed E-state index contributed by atoms with van der Waals surface area (Å²) in [5, 5.41) is 0. The van der Waals surface area contributed by atoms with Gasteiger partial charge in [0.25, 0.3) is 0 Å². The van der Waals surface area contributed by atoms with E-state index in [0.29, 0.717) is 5.75 Å². The first-order chi connectivity index (χ1) is 38.7. The highest BCUT2D eigenvalue weighted by Crippen LogP contribution is 2.48. The second kappa shape index (κ2) is 22.9. The number of rotatable bonds is 17. The Labute approximate surface area is 457 Å². The summed E-state index contributed by atoms with van der Waals surface area (Å²) in [5.41, 5.74) is 14.9. The number of ether oxygens (including phenoxy) is 1. The van der Waals surface area contributed by atoms with Crippen LogP contribution in [0.2, 0.25) is 0 Å². The minimum absolute atomic E-state index is 0.695. The Hall–Kier alpha value is -10.6. The van der Waals surface area contributed by atoms with Crippen molar-refractivity contribution < 1.29 is 4.74 Å². The molecule has 0 aliphatic heterocycles. The maximum atomic E-state index is 6.80. The highest BCUT2D eigenvalue weighted by molar-refractivity contribution is 5.91.